The van der Waals surface area contributed by atoms with Crippen molar-refractivity contribution in [3.8, 4) is 33.9 Å². The molecular formula is C27H22ClF6N3O3. The van der Waals surface area contributed by atoms with Crippen LogP contribution in [0.5, 0.6) is 11.5 Å². The fraction of sp³-hybridized carbons (Fsp3) is 0.222. The third kappa shape index (κ3) is 6.19. The number of aryl methyl sites for hydroxylation is 1. The van der Waals surface area contributed by atoms with Gasteiger partial charge in [-0.3, -0.25) is 9.52 Å². The van der Waals surface area contributed by atoms with Crippen molar-refractivity contribution >= 4 is 11.6 Å². The minimum absolute atomic E-state index is 0.0118. The summed E-state index contributed by atoms with van der Waals surface area (Å²) in [6.07, 6.45) is -10.8. The number of phenolic OH excluding ortho intramolecular Hbond substituents is 1. The van der Waals surface area contributed by atoms with E-state index in [0.29, 0.717) is 28.4 Å². The van der Waals surface area contributed by atoms with E-state index in [1.54, 1.807) is 38.2 Å². The Morgan fingerprint density at radius 3 is 2.10 bits per heavy atom. The molecule has 0 fully saturated rings. The van der Waals surface area contributed by atoms with Crippen molar-refractivity contribution in [1.82, 2.24) is 9.78 Å². The molecule has 0 aliphatic heterocycles. The molecule has 6 nitrogen and oxygen atoms in total. The molecule has 0 saturated heterocycles. The minimum Gasteiger partial charge on any atom is -0.506 e. The minimum atomic E-state index is -5.10. The van der Waals surface area contributed by atoms with Crippen LogP contribution in [0.4, 0.5) is 26.3 Å². The van der Waals surface area contributed by atoms with Crippen LogP contribution in [0.1, 0.15) is 35.4 Å². The second-order valence-electron chi connectivity index (χ2n) is 8.90. The number of ether oxygens (including phenoxy) is 1. The maximum atomic E-state index is 13.6. The average Bonchev–Trinajstić information content (AvgIpc) is 3.27. The van der Waals surface area contributed by atoms with Gasteiger partial charge in [-0.2, -0.15) is 31.4 Å². The van der Waals surface area contributed by atoms with Gasteiger partial charge in [-0.1, -0.05) is 23.7 Å². The van der Waals surface area contributed by atoms with E-state index < -0.39 is 40.9 Å². The molecule has 13 heteroatoms. The molecule has 1 aromatic heterocycles. The fourth-order valence-electron chi connectivity index (χ4n) is 4.08. The van der Waals surface area contributed by atoms with Crippen LogP contribution in [-0.2, 0) is 30.8 Å². The SMILES string of the molecule is CC(ON)c1cc(-c2ccc(OCc3ccc(Cl)cc3)c(-c3cc(C(F)(F)F)cc(C(F)(F)F)c3)c2O)nn1C. The lowest BCUT2D eigenvalue weighted by molar-refractivity contribution is -0.143. The van der Waals surface area contributed by atoms with Gasteiger partial charge in [-0.15, -0.1) is 0 Å². The topological polar surface area (TPSA) is 82.5 Å². The molecule has 3 N–H and O–H groups in total. The quantitative estimate of drug-likeness (QED) is 0.172. The Morgan fingerprint density at radius 2 is 1.55 bits per heavy atom. The average molecular weight is 586 g/mol. The summed E-state index contributed by atoms with van der Waals surface area (Å²) in [6, 6.07) is 11.8. The first kappa shape index (κ1) is 29.2. The van der Waals surface area contributed by atoms with Crippen LogP contribution < -0.4 is 10.6 Å². The van der Waals surface area contributed by atoms with Gasteiger partial charge >= 0.3 is 12.4 Å². The zero-order chi connectivity index (χ0) is 29.4. The summed E-state index contributed by atoms with van der Waals surface area (Å²) in [6.45, 7) is 1.52. The summed E-state index contributed by atoms with van der Waals surface area (Å²) in [5, 5.41) is 16.1. The molecule has 40 heavy (non-hydrogen) atoms. The summed E-state index contributed by atoms with van der Waals surface area (Å²) < 4.78 is 89.1. The van der Waals surface area contributed by atoms with E-state index in [1.807, 2.05) is 0 Å². The summed E-state index contributed by atoms with van der Waals surface area (Å²) in [7, 11) is 1.58. The van der Waals surface area contributed by atoms with Crippen molar-refractivity contribution in [1.29, 1.82) is 0 Å². The number of nitrogens with zero attached hydrogens (tertiary/aromatic N) is 2. The summed E-state index contributed by atoms with van der Waals surface area (Å²) in [5.74, 6) is 4.47. The molecule has 0 bridgehead atoms. The standard InChI is InChI=1S/C27H22ClF6N3O3/c1-14(40-35)22-12-21(36-37(22)2)20-7-8-23(39-13-15-3-5-19(28)6-4-15)24(25(20)38)16-9-17(26(29,30)31)11-18(10-16)27(32,33)34/h3-12,14,38H,13,35H2,1-2H3. The number of benzene rings is 3. The summed E-state index contributed by atoms with van der Waals surface area (Å²) >= 11 is 5.90. The molecule has 0 aliphatic rings. The van der Waals surface area contributed by atoms with Gasteiger partial charge in [0, 0.05) is 17.6 Å². The molecule has 1 unspecified atom stereocenters. The van der Waals surface area contributed by atoms with Gasteiger partial charge in [0.25, 0.3) is 0 Å². The van der Waals surface area contributed by atoms with Crippen molar-refractivity contribution in [3.05, 3.63) is 88.1 Å². The predicted molar refractivity (Wildman–Crippen MR) is 135 cm³/mol. The maximum Gasteiger partial charge on any atom is 0.416 e. The van der Waals surface area contributed by atoms with Crippen molar-refractivity contribution in [2.45, 2.75) is 32.0 Å². The second-order valence-corrected chi connectivity index (χ2v) is 9.34. The van der Waals surface area contributed by atoms with Crippen LogP contribution in [0.25, 0.3) is 22.4 Å². The van der Waals surface area contributed by atoms with E-state index >= 15 is 0 Å². The van der Waals surface area contributed by atoms with Crippen molar-refractivity contribution in [2.24, 2.45) is 12.9 Å². The lowest BCUT2D eigenvalue weighted by Crippen LogP contribution is -2.11. The molecule has 4 aromatic rings. The van der Waals surface area contributed by atoms with E-state index in [9.17, 15) is 31.4 Å². The van der Waals surface area contributed by atoms with E-state index in [0.717, 1.165) is 0 Å². The third-order valence-corrected chi connectivity index (χ3v) is 6.39. The number of halogens is 7. The molecular weight excluding hydrogens is 564 g/mol. The molecule has 1 atom stereocenters. The van der Waals surface area contributed by atoms with Crippen LogP contribution in [0, 0.1) is 0 Å². The van der Waals surface area contributed by atoms with Gasteiger partial charge in [0.1, 0.15) is 24.2 Å². The Bertz CT molecular complexity index is 1490. The molecule has 3 aromatic carbocycles. The van der Waals surface area contributed by atoms with E-state index in [1.165, 1.54) is 22.9 Å². The van der Waals surface area contributed by atoms with E-state index in [4.69, 9.17) is 27.1 Å². The monoisotopic (exact) mass is 585 g/mol. The lowest BCUT2D eigenvalue weighted by Gasteiger charge is -2.19. The van der Waals surface area contributed by atoms with Gasteiger partial charge in [-0.25, -0.2) is 5.90 Å². The highest BCUT2D eigenvalue weighted by Crippen LogP contribution is 2.47. The molecule has 0 amide bonds. The third-order valence-electron chi connectivity index (χ3n) is 6.14. The first-order valence-electron chi connectivity index (χ1n) is 11.6. The number of aromatic hydroxyl groups is 1. The Labute approximate surface area is 229 Å². The maximum absolute atomic E-state index is 13.6. The molecule has 4 rings (SSSR count). The normalized spacial score (nSPS) is 12.9. The number of phenols is 1. The first-order valence-corrected chi connectivity index (χ1v) is 12.0. The van der Waals surface area contributed by atoms with Crippen LogP contribution >= 0.6 is 11.6 Å². The number of hydrogen-bond acceptors (Lipinski definition) is 5. The van der Waals surface area contributed by atoms with Crippen LogP contribution in [-0.4, -0.2) is 14.9 Å². The number of alkyl halides is 6. The molecule has 212 valence electrons. The number of rotatable bonds is 7. The highest BCUT2D eigenvalue weighted by molar-refractivity contribution is 6.30. The smallest absolute Gasteiger partial charge is 0.416 e. The molecule has 0 saturated carbocycles. The number of aromatic nitrogens is 2. The van der Waals surface area contributed by atoms with Gasteiger partial charge in [-0.05, 0) is 66.6 Å². The Balaban J connectivity index is 1.92. The second kappa shape index (κ2) is 11.0. The number of hydrogen-bond donors (Lipinski definition) is 2. The number of nitrogens with two attached hydrogens (primary N) is 1. The van der Waals surface area contributed by atoms with Gasteiger partial charge < -0.3 is 9.84 Å². The lowest BCUT2D eigenvalue weighted by atomic mass is 9.95. The Kier molecular flexibility index (Phi) is 8.06. The summed E-state index contributed by atoms with van der Waals surface area (Å²) in [4.78, 5) is 4.82. The predicted octanol–water partition coefficient (Wildman–Crippen LogP) is 7.68. The fourth-order valence-corrected chi connectivity index (χ4v) is 4.21. The first-order chi connectivity index (χ1) is 18.7. The van der Waals surface area contributed by atoms with Gasteiger partial charge in [0.15, 0.2) is 0 Å². The van der Waals surface area contributed by atoms with E-state index in [2.05, 4.69) is 5.10 Å². The molecule has 1 heterocycles. The Morgan fingerprint density at radius 1 is 0.950 bits per heavy atom. The van der Waals surface area contributed by atoms with Crippen LogP contribution in [0.3, 0.4) is 0 Å². The van der Waals surface area contributed by atoms with Crippen LogP contribution in [0.2, 0.25) is 5.02 Å². The largest absolute Gasteiger partial charge is 0.506 e. The van der Waals surface area contributed by atoms with Crippen LogP contribution in [0.15, 0.2) is 60.7 Å². The van der Waals surface area contributed by atoms with Crippen molar-refractivity contribution in [2.75, 3.05) is 0 Å². The zero-order valence-corrected chi connectivity index (χ0v) is 21.7. The Hall–Kier alpha value is -3.74. The highest BCUT2D eigenvalue weighted by atomic mass is 35.5. The van der Waals surface area contributed by atoms with E-state index in [-0.39, 0.29) is 35.2 Å². The molecule has 0 aliphatic carbocycles. The van der Waals surface area contributed by atoms with Gasteiger partial charge in [0.2, 0.25) is 0 Å². The summed E-state index contributed by atoms with van der Waals surface area (Å²) in [5.41, 5.74) is -2.69. The van der Waals surface area contributed by atoms with Gasteiger partial charge in [0.05, 0.1) is 28.1 Å². The highest BCUT2D eigenvalue weighted by Gasteiger charge is 2.37. The zero-order valence-electron chi connectivity index (χ0n) is 20.9. The van der Waals surface area contributed by atoms with Crippen molar-refractivity contribution < 1.29 is 41.0 Å². The molecule has 0 spiro atoms. The van der Waals surface area contributed by atoms with Crippen molar-refractivity contribution in [3.63, 3.8) is 0 Å². The molecule has 0 radical (unpaired) electrons.